The van der Waals surface area contributed by atoms with Crippen LogP contribution in [0.15, 0.2) is 30.3 Å². The van der Waals surface area contributed by atoms with E-state index >= 15 is 0 Å². The number of ether oxygens (including phenoxy) is 2. The number of benzene rings is 1. The van der Waals surface area contributed by atoms with Gasteiger partial charge in [0.25, 0.3) is 5.60 Å². The van der Waals surface area contributed by atoms with Gasteiger partial charge >= 0.3 is 12.1 Å². The van der Waals surface area contributed by atoms with Crippen molar-refractivity contribution in [2.45, 2.75) is 44.9 Å². The number of carbonyl (C=O) groups excluding carboxylic acids is 1. The summed E-state index contributed by atoms with van der Waals surface area (Å²) in [5.74, 6) is -1.43. The minimum atomic E-state index is -4.92. The van der Waals surface area contributed by atoms with E-state index in [-0.39, 0.29) is 18.1 Å². The van der Waals surface area contributed by atoms with Gasteiger partial charge in [-0.05, 0) is 12.3 Å². The molecule has 1 aromatic carbocycles. The van der Waals surface area contributed by atoms with Gasteiger partial charge in [0, 0.05) is 12.7 Å². The lowest BCUT2D eigenvalue weighted by Gasteiger charge is -2.32. The fourth-order valence-corrected chi connectivity index (χ4v) is 2.34. The summed E-state index contributed by atoms with van der Waals surface area (Å²) < 4.78 is 50.5. The molecule has 0 spiro atoms. The minimum absolute atomic E-state index is 0.00235. The van der Waals surface area contributed by atoms with Gasteiger partial charge in [0.1, 0.15) is 0 Å². The first-order valence-electron chi connectivity index (χ1n) is 7.64. The third-order valence-electron chi connectivity index (χ3n) is 3.72. The molecule has 0 fully saturated rings. The van der Waals surface area contributed by atoms with Crippen molar-refractivity contribution >= 4 is 5.97 Å². The number of hydrogen-bond acceptors (Lipinski definition) is 3. The van der Waals surface area contributed by atoms with E-state index in [1.807, 2.05) is 13.8 Å². The van der Waals surface area contributed by atoms with Gasteiger partial charge in [-0.2, -0.15) is 13.2 Å². The van der Waals surface area contributed by atoms with Crippen LogP contribution in [0, 0.1) is 5.92 Å². The fraction of sp³-hybridized carbons (Fsp3) is 0.588. The SMILES string of the molecule is CCCCC(C)COC(=O)[C@](OC)(c1ccccc1)C(F)(F)F. The second-order valence-electron chi connectivity index (χ2n) is 5.59. The van der Waals surface area contributed by atoms with Crippen molar-refractivity contribution in [3.63, 3.8) is 0 Å². The summed E-state index contributed by atoms with van der Waals surface area (Å²) in [6, 6.07) is 6.83. The maximum atomic E-state index is 13.6. The molecule has 23 heavy (non-hydrogen) atoms. The van der Waals surface area contributed by atoms with Crippen LogP contribution in [0.4, 0.5) is 13.2 Å². The molecule has 0 saturated carbocycles. The van der Waals surface area contributed by atoms with Crippen LogP contribution in [-0.2, 0) is 19.9 Å². The van der Waals surface area contributed by atoms with E-state index in [0.29, 0.717) is 0 Å². The van der Waals surface area contributed by atoms with Crippen molar-refractivity contribution < 1.29 is 27.4 Å². The van der Waals surface area contributed by atoms with Gasteiger partial charge in [-0.3, -0.25) is 0 Å². The van der Waals surface area contributed by atoms with Crippen molar-refractivity contribution in [2.75, 3.05) is 13.7 Å². The van der Waals surface area contributed by atoms with E-state index in [4.69, 9.17) is 4.74 Å². The van der Waals surface area contributed by atoms with Crippen LogP contribution in [0.2, 0.25) is 0 Å². The van der Waals surface area contributed by atoms with E-state index in [2.05, 4.69) is 4.74 Å². The highest BCUT2D eigenvalue weighted by atomic mass is 19.4. The van der Waals surface area contributed by atoms with Crippen molar-refractivity contribution in [3.05, 3.63) is 35.9 Å². The second-order valence-corrected chi connectivity index (χ2v) is 5.59. The molecule has 0 aliphatic rings. The summed E-state index contributed by atoms with van der Waals surface area (Å²) in [5.41, 5.74) is -3.39. The molecule has 2 atom stereocenters. The third kappa shape index (κ3) is 4.47. The Hall–Kier alpha value is -1.56. The molecule has 1 rings (SSSR count). The number of halogens is 3. The van der Waals surface area contributed by atoms with Crippen LogP contribution in [0.1, 0.15) is 38.7 Å². The molecular formula is C17H23F3O3. The smallest absolute Gasteiger partial charge is 0.432 e. The van der Waals surface area contributed by atoms with Gasteiger partial charge in [-0.25, -0.2) is 4.79 Å². The summed E-state index contributed by atoms with van der Waals surface area (Å²) in [4.78, 5) is 12.3. The van der Waals surface area contributed by atoms with E-state index in [1.165, 1.54) is 24.3 Å². The lowest BCUT2D eigenvalue weighted by Crippen LogP contribution is -2.52. The Morgan fingerprint density at radius 2 is 1.83 bits per heavy atom. The van der Waals surface area contributed by atoms with Crippen LogP contribution in [0.3, 0.4) is 0 Å². The van der Waals surface area contributed by atoms with E-state index in [0.717, 1.165) is 26.4 Å². The molecule has 0 amide bonds. The van der Waals surface area contributed by atoms with E-state index in [1.54, 1.807) is 6.07 Å². The van der Waals surface area contributed by atoms with Crippen LogP contribution in [-0.4, -0.2) is 25.9 Å². The lowest BCUT2D eigenvalue weighted by molar-refractivity contribution is -0.276. The van der Waals surface area contributed by atoms with Crippen molar-refractivity contribution in [2.24, 2.45) is 5.92 Å². The Morgan fingerprint density at radius 1 is 1.22 bits per heavy atom. The lowest BCUT2D eigenvalue weighted by atomic mass is 9.92. The Labute approximate surface area is 134 Å². The van der Waals surface area contributed by atoms with Crippen molar-refractivity contribution in [3.8, 4) is 0 Å². The second kappa shape index (κ2) is 8.34. The number of hydrogen-bond donors (Lipinski definition) is 0. The van der Waals surface area contributed by atoms with Crippen LogP contribution >= 0.6 is 0 Å². The third-order valence-corrected chi connectivity index (χ3v) is 3.72. The van der Waals surface area contributed by atoms with Gasteiger partial charge in [-0.15, -0.1) is 0 Å². The van der Waals surface area contributed by atoms with Crippen LogP contribution in [0.25, 0.3) is 0 Å². The summed E-state index contributed by atoms with van der Waals surface area (Å²) >= 11 is 0. The van der Waals surface area contributed by atoms with Gasteiger partial charge in [0.05, 0.1) is 6.61 Å². The molecule has 130 valence electrons. The van der Waals surface area contributed by atoms with Crippen molar-refractivity contribution in [1.82, 2.24) is 0 Å². The molecule has 0 saturated heterocycles. The molecule has 0 heterocycles. The maximum Gasteiger partial charge on any atom is 0.432 e. The first-order chi connectivity index (χ1) is 10.8. The monoisotopic (exact) mass is 332 g/mol. The zero-order valence-corrected chi connectivity index (χ0v) is 13.7. The molecule has 0 radical (unpaired) electrons. The van der Waals surface area contributed by atoms with E-state index < -0.39 is 17.7 Å². The molecule has 0 aromatic heterocycles. The standard InChI is InChI=1S/C17H23F3O3/c1-4-5-9-13(2)12-23-15(21)16(22-3,17(18,19)20)14-10-7-6-8-11-14/h6-8,10-11,13H,4-5,9,12H2,1-3H3/t13?,16-/m1/s1. The molecule has 0 aliphatic carbocycles. The molecular weight excluding hydrogens is 309 g/mol. The highest BCUT2D eigenvalue weighted by molar-refractivity contribution is 5.82. The molecule has 3 nitrogen and oxygen atoms in total. The highest BCUT2D eigenvalue weighted by Crippen LogP contribution is 2.43. The zero-order valence-electron chi connectivity index (χ0n) is 13.7. The molecule has 0 N–H and O–H groups in total. The number of unbranched alkanes of at least 4 members (excludes halogenated alkanes) is 1. The predicted molar refractivity (Wildman–Crippen MR) is 80.8 cm³/mol. The maximum absolute atomic E-state index is 13.6. The Balaban J connectivity index is 3.00. The summed E-state index contributed by atoms with van der Waals surface area (Å²) in [7, 11) is 0.863. The first kappa shape index (κ1) is 19.5. The van der Waals surface area contributed by atoms with Crippen LogP contribution < -0.4 is 0 Å². The number of alkyl halides is 3. The Bertz CT molecular complexity index is 488. The Kier molecular flexibility index (Phi) is 7.06. The number of methoxy groups -OCH3 is 1. The average molecular weight is 332 g/mol. The minimum Gasteiger partial charge on any atom is -0.463 e. The molecule has 1 unspecified atom stereocenters. The molecule has 6 heteroatoms. The van der Waals surface area contributed by atoms with Crippen molar-refractivity contribution in [1.29, 1.82) is 0 Å². The number of rotatable bonds is 8. The normalized spacial score (nSPS) is 15.7. The quantitative estimate of drug-likeness (QED) is 0.659. The Morgan fingerprint density at radius 3 is 2.30 bits per heavy atom. The van der Waals surface area contributed by atoms with Gasteiger partial charge < -0.3 is 9.47 Å². The predicted octanol–water partition coefficient (Wildman–Crippen LogP) is 4.46. The van der Waals surface area contributed by atoms with Gasteiger partial charge in [-0.1, -0.05) is 57.0 Å². The topological polar surface area (TPSA) is 35.5 Å². The van der Waals surface area contributed by atoms with Gasteiger partial charge in [0.2, 0.25) is 0 Å². The van der Waals surface area contributed by atoms with Crippen LogP contribution in [0.5, 0.6) is 0 Å². The average Bonchev–Trinajstić information content (AvgIpc) is 2.51. The molecule has 0 aliphatic heterocycles. The summed E-state index contributed by atoms with van der Waals surface area (Å²) in [6.07, 6.45) is -2.22. The summed E-state index contributed by atoms with van der Waals surface area (Å²) in [5, 5.41) is 0. The molecule has 1 aromatic rings. The summed E-state index contributed by atoms with van der Waals surface area (Å²) in [6.45, 7) is 3.80. The molecule has 0 bridgehead atoms. The highest BCUT2D eigenvalue weighted by Gasteiger charge is 2.64. The zero-order chi connectivity index (χ0) is 17.5. The van der Waals surface area contributed by atoms with E-state index in [9.17, 15) is 18.0 Å². The first-order valence-corrected chi connectivity index (χ1v) is 7.64. The number of esters is 1. The van der Waals surface area contributed by atoms with Gasteiger partial charge in [0.15, 0.2) is 0 Å². The number of carbonyl (C=O) groups is 1. The largest absolute Gasteiger partial charge is 0.463 e. The fourth-order valence-electron chi connectivity index (χ4n) is 2.34.